The lowest BCUT2D eigenvalue weighted by Crippen LogP contribution is -2.04. The number of alkyl halides is 3. The number of aromatic amines is 1. The first-order valence-corrected chi connectivity index (χ1v) is 7.41. The molecule has 0 spiro atoms. The topological polar surface area (TPSA) is 62.8 Å². The Balaban J connectivity index is 1.73. The summed E-state index contributed by atoms with van der Waals surface area (Å²) in [4.78, 5) is 4.20. The summed E-state index contributed by atoms with van der Waals surface area (Å²) in [6, 6.07) is 8.51. The number of methoxy groups -OCH3 is 1. The predicted molar refractivity (Wildman–Crippen MR) is 87.1 cm³/mol. The lowest BCUT2D eigenvalue weighted by atomic mass is 10.1. The van der Waals surface area contributed by atoms with Crippen molar-refractivity contribution in [3.05, 3.63) is 59.9 Å². The summed E-state index contributed by atoms with van der Waals surface area (Å²) < 4.78 is 43.0. The predicted octanol–water partition coefficient (Wildman–Crippen LogP) is 4.11. The van der Waals surface area contributed by atoms with Crippen LogP contribution in [0.3, 0.4) is 0 Å². The second-order valence-corrected chi connectivity index (χ2v) is 5.28. The Morgan fingerprint density at radius 1 is 1.08 bits per heavy atom. The highest BCUT2D eigenvalue weighted by molar-refractivity contribution is 5.63. The highest BCUT2D eigenvalue weighted by atomic mass is 19.4. The van der Waals surface area contributed by atoms with Crippen LogP contribution in [-0.4, -0.2) is 22.3 Å². The fourth-order valence-corrected chi connectivity index (χ4v) is 2.31. The van der Waals surface area contributed by atoms with Crippen molar-refractivity contribution in [3.8, 4) is 17.0 Å². The summed E-state index contributed by atoms with van der Waals surface area (Å²) in [5, 5.41) is 9.94. The van der Waals surface area contributed by atoms with Crippen LogP contribution < -0.4 is 10.1 Å². The van der Waals surface area contributed by atoms with Crippen LogP contribution in [0.25, 0.3) is 11.3 Å². The standard InChI is InChI=1S/C17H15F3N4O/c1-25-14-6-7-15(22-10-14)21-8-12-9-23-24-16(12)11-2-4-13(5-3-11)17(18,19)20/h2-7,9-10H,8H2,1H3,(H,21,22)(H,23,24). The molecule has 0 aliphatic rings. The SMILES string of the molecule is COc1ccc(NCc2cn[nH]c2-c2ccc(C(F)(F)F)cc2)nc1. The van der Waals surface area contributed by atoms with Crippen molar-refractivity contribution >= 4 is 5.82 Å². The number of H-pyrrole nitrogens is 1. The van der Waals surface area contributed by atoms with Crippen LogP contribution in [0.1, 0.15) is 11.1 Å². The van der Waals surface area contributed by atoms with Gasteiger partial charge in [0.25, 0.3) is 0 Å². The number of anilines is 1. The van der Waals surface area contributed by atoms with E-state index in [1.165, 1.54) is 12.1 Å². The number of hydrogen-bond donors (Lipinski definition) is 2. The molecule has 5 nitrogen and oxygen atoms in total. The third-order valence-corrected chi connectivity index (χ3v) is 3.65. The Morgan fingerprint density at radius 2 is 1.84 bits per heavy atom. The number of ether oxygens (including phenoxy) is 1. The summed E-state index contributed by atoms with van der Waals surface area (Å²) in [6.07, 6.45) is -1.13. The monoisotopic (exact) mass is 348 g/mol. The van der Waals surface area contributed by atoms with Gasteiger partial charge in [-0.05, 0) is 29.8 Å². The van der Waals surface area contributed by atoms with Crippen molar-refractivity contribution in [2.24, 2.45) is 0 Å². The van der Waals surface area contributed by atoms with E-state index in [1.54, 1.807) is 31.6 Å². The maximum Gasteiger partial charge on any atom is 0.416 e. The van der Waals surface area contributed by atoms with E-state index in [-0.39, 0.29) is 0 Å². The minimum atomic E-state index is -4.35. The maximum absolute atomic E-state index is 12.7. The summed E-state index contributed by atoms with van der Waals surface area (Å²) in [7, 11) is 1.56. The van der Waals surface area contributed by atoms with E-state index in [9.17, 15) is 13.2 Å². The highest BCUT2D eigenvalue weighted by Gasteiger charge is 2.30. The first kappa shape index (κ1) is 16.8. The molecule has 2 heterocycles. The van der Waals surface area contributed by atoms with Gasteiger partial charge in [0.05, 0.1) is 30.8 Å². The molecule has 0 atom stereocenters. The van der Waals surface area contributed by atoms with E-state index in [2.05, 4.69) is 20.5 Å². The van der Waals surface area contributed by atoms with Crippen molar-refractivity contribution in [1.29, 1.82) is 0 Å². The van der Waals surface area contributed by atoms with Gasteiger partial charge in [-0.1, -0.05) is 12.1 Å². The number of rotatable bonds is 5. The van der Waals surface area contributed by atoms with E-state index in [0.29, 0.717) is 29.4 Å². The van der Waals surface area contributed by atoms with Gasteiger partial charge in [0, 0.05) is 12.1 Å². The Kier molecular flexibility index (Phi) is 4.60. The number of nitrogens with one attached hydrogen (secondary N) is 2. The summed E-state index contributed by atoms with van der Waals surface area (Å²) >= 11 is 0. The minimum absolute atomic E-state index is 0.423. The molecule has 0 fully saturated rings. The summed E-state index contributed by atoms with van der Waals surface area (Å²) in [5.74, 6) is 1.31. The summed E-state index contributed by atoms with van der Waals surface area (Å²) in [5.41, 5.74) is 1.43. The third kappa shape index (κ3) is 3.90. The molecule has 0 aliphatic carbocycles. The molecule has 1 aromatic carbocycles. The van der Waals surface area contributed by atoms with Crippen molar-refractivity contribution in [3.63, 3.8) is 0 Å². The number of hydrogen-bond acceptors (Lipinski definition) is 4. The average molecular weight is 348 g/mol. The average Bonchev–Trinajstić information content (AvgIpc) is 3.08. The van der Waals surface area contributed by atoms with Gasteiger partial charge in [-0.15, -0.1) is 0 Å². The molecule has 3 rings (SSSR count). The van der Waals surface area contributed by atoms with Crippen LogP contribution in [0.2, 0.25) is 0 Å². The molecule has 130 valence electrons. The maximum atomic E-state index is 12.7. The fraction of sp³-hybridized carbons (Fsp3) is 0.176. The Labute approximate surface area is 141 Å². The molecular weight excluding hydrogens is 333 g/mol. The van der Waals surface area contributed by atoms with Crippen LogP contribution in [0.15, 0.2) is 48.8 Å². The molecule has 0 saturated carbocycles. The minimum Gasteiger partial charge on any atom is -0.495 e. The number of benzene rings is 1. The quantitative estimate of drug-likeness (QED) is 0.728. The van der Waals surface area contributed by atoms with Crippen molar-refractivity contribution in [2.75, 3.05) is 12.4 Å². The van der Waals surface area contributed by atoms with Crippen molar-refractivity contribution in [2.45, 2.75) is 12.7 Å². The zero-order valence-electron chi connectivity index (χ0n) is 13.3. The van der Waals surface area contributed by atoms with Gasteiger partial charge in [0.15, 0.2) is 0 Å². The number of nitrogens with zero attached hydrogens (tertiary/aromatic N) is 2. The van der Waals surface area contributed by atoms with E-state index in [4.69, 9.17) is 4.74 Å². The van der Waals surface area contributed by atoms with Crippen LogP contribution in [0, 0.1) is 0 Å². The van der Waals surface area contributed by atoms with E-state index in [1.807, 2.05) is 0 Å². The smallest absolute Gasteiger partial charge is 0.416 e. The first-order chi connectivity index (χ1) is 12.0. The molecule has 0 aliphatic heterocycles. The molecule has 0 unspecified atom stereocenters. The lowest BCUT2D eigenvalue weighted by molar-refractivity contribution is -0.137. The molecule has 0 radical (unpaired) electrons. The van der Waals surface area contributed by atoms with Gasteiger partial charge in [0.1, 0.15) is 11.6 Å². The van der Waals surface area contributed by atoms with Gasteiger partial charge >= 0.3 is 6.18 Å². The summed E-state index contributed by atoms with van der Waals surface area (Å²) in [6.45, 7) is 0.423. The second kappa shape index (κ2) is 6.84. The van der Waals surface area contributed by atoms with E-state index < -0.39 is 11.7 Å². The molecule has 8 heteroatoms. The molecule has 2 aromatic heterocycles. The fourth-order valence-electron chi connectivity index (χ4n) is 2.31. The van der Waals surface area contributed by atoms with Crippen molar-refractivity contribution < 1.29 is 17.9 Å². The Bertz CT molecular complexity index is 826. The van der Waals surface area contributed by atoms with Gasteiger partial charge in [-0.25, -0.2) is 4.98 Å². The van der Waals surface area contributed by atoms with Crippen LogP contribution in [0.5, 0.6) is 5.75 Å². The molecule has 0 bridgehead atoms. The van der Waals surface area contributed by atoms with Gasteiger partial charge in [-0.2, -0.15) is 18.3 Å². The van der Waals surface area contributed by atoms with E-state index >= 15 is 0 Å². The largest absolute Gasteiger partial charge is 0.495 e. The highest BCUT2D eigenvalue weighted by Crippen LogP contribution is 2.31. The third-order valence-electron chi connectivity index (χ3n) is 3.65. The number of halogens is 3. The van der Waals surface area contributed by atoms with Crippen molar-refractivity contribution in [1.82, 2.24) is 15.2 Å². The zero-order valence-corrected chi connectivity index (χ0v) is 13.3. The van der Waals surface area contributed by atoms with Crippen LogP contribution in [-0.2, 0) is 12.7 Å². The van der Waals surface area contributed by atoms with E-state index in [0.717, 1.165) is 17.7 Å². The molecule has 0 amide bonds. The number of pyridine rings is 1. The second-order valence-electron chi connectivity index (χ2n) is 5.28. The molecule has 2 N–H and O–H groups in total. The van der Waals surface area contributed by atoms with Gasteiger partial charge in [0.2, 0.25) is 0 Å². The zero-order chi connectivity index (χ0) is 17.9. The molecule has 0 saturated heterocycles. The van der Waals surface area contributed by atoms with Gasteiger partial charge < -0.3 is 10.1 Å². The lowest BCUT2D eigenvalue weighted by Gasteiger charge is -2.09. The Hall–Kier alpha value is -3.03. The van der Waals surface area contributed by atoms with Crippen LogP contribution >= 0.6 is 0 Å². The Morgan fingerprint density at radius 3 is 2.44 bits per heavy atom. The van der Waals surface area contributed by atoms with Crippen LogP contribution in [0.4, 0.5) is 19.0 Å². The van der Waals surface area contributed by atoms with Gasteiger partial charge in [-0.3, -0.25) is 5.10 Å². The normalized spacial score (nSPS) is 11.4. The molecule has 3 aromatic rings. The molecular formula is C17H15F3N4O. The number of aromatic nitrogens is 3. The first-order valence-electron chi connectivity index (χ1n) is 7.41. The molecule has 25 heavy (non-hydrogen) atoms.